The molecule has 6 heteroatoms. The Morgan fingerprint density at radius 3 is 2.93 bits per heavy atom. The first-order valence-electron chi connectivity index (χ1n) is 4.13. The van der Waals surface area contributed by atoms with Gasteiger partial charge in [-0.25, -0.2) is 14.2 Å². The molecule has 0 aliphatic heterocycles. The molecule has 15 heavy (non-hydrogen) atoms. The number of carbonyl (C=O) groups is 1. The number of nitrogens with zero attached hydrogens (tertiary/aromatic N) is 1. The van der Waals surface area contributed by atoms with Crippen molar-refractivity contribution in [3.8, 4) is 0 Å². The smallest absolute Gasteiger partial charge is 0.337 e. The molecule has 78 valence electrons. The fourth-order valence-electron chi connectivity index (χ4n) is 1.33. The maximum Gasteiger partial charge on any atom is 0.337 e. The zero-order valence-corrected chi connectivity index (χ0v) is 7.44. The van der Waals surface area contributed by atoms with Crippen LogP contribution in [0.1, 0.15) is 11.7 Å². The van der Waals surface area contributed by atoms with Crippen molar-refractivity contribution >= 4 is 17.0 Å². The molecule has 0 saturated carbocycles. The molecule has 2 aromatic rings. The predicted octanol–water partition coefficient (Wildman–Crippen LogP) is 0.820. The minimum atomic E-state index is -1.73. The number of H-pyrrole nitrogens is 1. The summed E-state index contributed by atoms with van der Waals surface area (Å²) < 4.78 is 13.3. The van der Waals surface area contributed by atoms with Crippen molar-refractivity contribution in [2.45, 2.75) is 6.10 Å². The maximum atomic E-state index is 13.3. The van der Waals surface area contributed by atoms with Crippen LogP contribution in [0.5, 0.6) is 0 Å². The third-order valence-electron chi connectivity index (χ3n) is 2.05. The van der Waals surface area contributed by atoms with Gasteiger partial charge in [0.25, 0.3) is 0 Å². The number of aliphatic carboxylic acids is 1. The molecule has 1 atom stereocenters. The van der Waals surface area contributed by atoms with E-state index in [9.17, 15) is 14.3 Å². The largest absolute Gasteiger partial charge is 0.479 e. The number of fused-ring (bicyclic) bond motifs is 1. The first-order chi connectivity index (χ1) is 7.09. The number of carboxylic acid groups (broad SMARTS) is 1. The van der Waals surface area contributed by atoms with Gasteiger partial charge in [0.05, 0.1) is 11.8 Å². The lowest BCUT2D eigenvalue weighted by molar-refractivity contribution is -0.146. The van der Waals surface area contributed by atoms with Gasteiger partial charge in [-0.2, -0.15) is 0 Å². The van der Waals surface area contributed by atoms with Crippen molar-refractivity contribution in [1.82, 2.24) is 9.97 Å². The van der Waals surface area contributed by atoms with Gasteiger partial charge in [0.1, 0.15) is 5.52 Å². The fourth-order valence-corrected chi connectivity index (χ4v) is 1.33. The van der Waals surface area contributed by atoms with E-state index in [0.29, 0.717) is 5.52 Å². The van der Waals surface area contributed by atoms with E-state index in [0.717, 1.165) is 6.07 Å². The minimum Gasteiger partial charge on any atom is -0.479 e. The number of nitrogens with one attached hydrogen (secondary N) is 1. The highest BCUT2D eigenvalue weighted by Gasteiger charge is 2.18. The molecule has 0 saturated heterocycles. The molecule has 3 N–H and O–H groups in total. The topological polar surface area (TPSA) is 86.2 Å². The number of rotatable bonds is 2. The van der Waals surface area contributed by atoms with E-state index in [1.165, 1.54) is 12.4 Å². The zero-order valence-electron chi connectivity index (χ0n) is 7.44. The normalized spacial score (nSPS) is 12.9. The Morgan fingerprint density at radius 1 is 1.53 bits per heavy atom. The lowest BCUT2D eigenvalue weighted by Crippen LogP contribution is -2.10. The molecule has 0 bridgehead atoms. The average molecular weight is 210 g/mol. The summed E-state index contributed by atoms with van der Waals surface area (Å²) in [7, 11) is 0. The van der Waals surface area contributed by atoms with E-state index >= 15 is 0 Å². The highest BCUT2D eigenvalue weighted by atomic mass is 19.1. The average Bonchev–Trinajstić information content (AvgIpc) is 2.64. The van der Waals surface area contributed by atoms with Crippen LogP contribution in [0.3, 0.4) is 0 Å². The van der Waals surface area contributed by atoms with Gasteiger partial charge in [-0.05, 0) is 17.7 Å². The van der Waals surface area contributed by atoms with E-state index < -0.39 is 17.9 Å². The summed E-state index contributed by atoms with van der Waals surface area (Å²) in [6.07, 6.45) is -0.433. The Hall–Kier alpha value is -1.95. The number of carboxylic acids is 1. The molecule has 1 unspecified atom stereocenters. The maximum absolute atomic E-state index is 13.3. The fraction of sp³-hybridized carbons (Fsp3) is 0.111. The van der Waals surface area contributed by atoms with Gasteiger partial charge in [0.2, 0.25) is 0 Å². The molecule has 1 aromatic carbocycles. The summed E-state index contributed by atoms with van der Waals surface area (Å²) in [6, 6.07) is 2.31. The molecule has 0 amide bonds. The van der Waals surface area contributed by atoms with Crippen molar-refractivity contribution in [2.24, 2.45) is 0 Å². The lowest BCUT2D eigenvalue weighted by Gasteiger charge is -2.05. The number of hydrogen-bond acceptors (Lipinski definition) is 3. The van der Waals surface area contributed by atoms with E-state index in [4.69, 9.17) is 5.11 Å². The summed E-state index contributed by atoms with van der Waals surface area (Å²) in [5.41, 5.74) is 0.457. The standard InChI is InChI=1S/C9H7FN2O3/c10-5-1-4(8(13)9(14)15)2-6-7(5)12-3-11-6/h1-3,8,13H,(H,11,12)(H,14,15). The van der Waals surface area contributed by atoms with E-state index in [1.807, 2.05) is 0 Å². The third kappa shape index (κ3) is 1.55. The van der Waals surface area contributed by atoms with Crippen LogP contribution in [0.2, 0.25) is 0 Å². The molecule has 1 heterocycles. The number of hydrogen-bond donors (Lipinski definition) is 3. The number of benzene rings is 1. The van der Waals surface area contributed by atoms with Crippen molar-refractivity contribution in [3.63, 3.8) is 0 Å². The monoisotopic (exact) mass is 210 g/mol. The van der Waals surface area contributed by atoms with E-state index in [2.05, 4.69) is 9.97 Å². The number of aliphatic hydroxyl groups is 1. The van der Waals surface area contributed by atoms with Crippen LogP contribution < -0.4 is 0 Å². The van der Waals surface area contributed by atoms with E-state index in [-0.39, 0.29) is 11.1 Å². The van der Waals surface area contributed by atoms with Crippen LogP contribution in [0.15, 0.2) is 18.5 Å². The van der Waals surface area contributed by atoms with Crippen LogP contribution >= 0.6 is 0 Å². The highest BCUT2D eigenvalue weighted by molar-refractivity contribution is 5.80. The van der Waals surface area contributed by atoms with Gasteiger partial charge < -0.3 is 15.2 Å². The van der Waals surface area contributed by atoms with Crippen molar-refractivity contribution in [1.29, 1.82) is 0 Å². The second kappa shape index (κ2) is 3.32. The third-order valence-corrected chi connectivity index (χ3v) is 2.05. The van der Waals surface area contributed by atoms with Gasteiger partial charge in [0, 0.05) is 0 Å². The van der Waals surface area contributed by atoms with Crippen molar-refractivity contribution in [2.75, 3.05) is 0 Å². The second-order valence-electron chi connectivity index (χ2n) is 3.04. The number of aromatic amines is 1. The van der Waals surface area contributed by atoms with Crippen molar-refractivity contribution < 1.29 is 19.4 Å². The Balaban J connectivity index is 2.58. The summed E-state index contributed by atoms with van der Waals surface area (Å²) in [6.45, 7) is 0. The van der Waals surface area contributed by atoms with Crippen molar-refractivity contribution in [3.05, 3.63) is 29.8 Å². The Kier molecular flexibility index (Phi) is 2.12. The molecular weight excluding hydrogens is 203 g/mol. The first kappa shape index (κ1) is 9.60. The SMILES string of the molecule is O=C(O)C(O)c1cc(F)c2nc[nH]c2c1. The number of aromatic nitrogens is 2. The summed E-state index contributed by atoms with van der Waals surface area (Å²) in [5.74, 6) is -2.09. The van der Waals surface area contributed by atoms with Crippen LogP contribution in [0.4, 0.5) is 4.39 Å². The van der Waals surface area contributed by atoms with E-state index in [1.54, 1.807) is 0 Å². The van der Waals surface area contributed by atoms with Crippen LogP contribution in [0.25, 0.3) is 11.0 Å². The predicted molar refractivity (Wildman–Crippen MR) is 48.6 cm³/mol. The number of imidazole rings is 1. The van der Waals surface area contributed by atoms with Gasteiger partial charge in [-0.1, -0.05) is 0 Å². The molecular formula is C9H7FN2O3. The first-order valence-corrected chi connectivity index (χ1v) is 4.13. The minimum absolute atomic E-state index is 0.0169. The molecule has 0 fully saturated rings. The molecule has 0 aliphatic carbocycles. The highest BCUT2D eigenvalue weighted by Crippen LogP contribution is 2.21. The second-order valence-corrected chi connectivity index (χ2v) is 3.04. The Bertz CT molecular complexity index is 523. The number of aliphatic hydroxyl groups excluding tert-OH is 1. The van der Waals surface area contributed by atoms with Gasteiger partial charge >= 0.3 is 5.97 Å². The van der Waals surface area contributed by atoms with Gasteiger partial charge in [0.15, 0.2) is 11.9 Å². The number of halogens is 1. The molecule has 1 aromatic heterocycles. The van der Waals surface area contributed by atoms with Crippen LogP contribution in [-0.4, -0.2) is 26.2 Å². The quantitative estimate of drug-likeness (QED) is 0.684. The van der Waals surface area contributed by atoms with Crippen LogP contribution in [-0.2, 0) is 4.79 Å². The lowest BCUT2D eigenvalue weighted by atomic mass is 10.1. The molecule has 0 radical (unpaired) electrons. The molecule has 5 nitrogen and oxygen atoms in total. The molecule has 0 spiro atoms. The summed E-state index contributed by atoms with van der Waals surface area (Å²) >= 11 is 0. The van der Waals surface area contributed by atoms with Crippen LogP contribution in [0, 0.1) is 5.82 Å². The van der Waals surface area contributed by atoms with Gasteiger partial charge in [-0.3, -0.25) is 0 Å². The Morgan fingerprint density at radius 2 is 2.27 bits per heavy atom. The summed E-state index contributed by atoms with van der Waals surface area (Å²) in [5, 5.41) is 17.8. The molecule has 2 rings (SSSR count). The molecule has 0 aliphatic rings. The zero-order chi connectivity index (χ0) is 11.0. The Labute approximate surface area is 83.2 Å². The summed E-state index contributed by atoms with van der Waals surface area (Å²) in [4.78, 5) is 16.8. The van der Waals surface area contributed by atoms with Gasteiger partial charge in [-0.15, -0.1) is 0 Å².